The van der Waals surface area contributed by atoms with Crippen molar-refractivity contribution in [3.05, 3.63) is 42.2 Å². The molecule has 10 nitrogen and oxygen atoms in total. The molecule has 0 unspecified atom stereocenters. The highest BCUT2D eigenvalue weighted by Crippen LogP contribution is 2.30. The predicted molar refractivity (Wildman–Crippen MR) is 127 cm³/mol. The number of carbonyl (C=O) groups is 2. The number of hydrogen-bond acceptors (Lipinski definition) is 7. The molecule has 2 amide bonds. The van der Waals surface area contributed by atoms with Crippen molar-refractivity contribution in [2.75, 3.05) is 56.7 Å². The van der Waals surface area contributed by atoms with Crippen LogP contribution in [-0.4, -0.2) is 78.0 Å². The Bertz CT molecular complexity index is 1200. The van der Waals surface area contributed by atoms with Crippen LogP contribution in [-0.2, 0) is 16.1 Å². The van der Waals surface area contributed by atoms with Crippen LogP contribution in [0, 0.1) is 0 Å². The molecule has 10 heteroatoms. The van der Waals surface area contributed by atoms with Crippen LogP contribution in [0.1, 0.15) is 23.3 Å². The fraction of sp³-hybridized carbons (Fsp3) is 0.417. The fourth-order valence-electron chi connectivity index (χ4n) is 4.36. The Morgan fingerprint density at radius 2 is 1.91 bits per heavy atom. The van der Waals surface area contributed by atoms with Crippen molar-refractivity contribution >= 4 is 34.2 Å². The van der Waals surface area contributed by atoms with Gasteiger partial charge in [-0.1, -0.05) is 6.07 Å². The Kier molecular flexibility index (Phi) is 6.31. The van der Waals surface area contributed by atoms with E-state index in [0.29, 0.717) is 49.0 Å². The third-order valence-corrected chi connectivity index (χ3v) is 6.18. The number of nitrogens with one attached hydrogen (secondary N) is 1. The highest BCUT2D eigenvalue weighted by molar-refractivity contribution is 6.05. The second-order valence-corrected chi connectivity index (χ2v) is 8.46. The van der Waals surface area contributed by atoms with Gasteiger partial charge in [0, 0.05) is 43.8 Å². The summed E-state index contributed by atoms with van der Waals surface area (Å²) in [6.07, 6.45) is 4.08. The standard InChI is InChI=1S/C24H28N6O4/c1-33-21-14-19-17(15-30(27-19)16-23(31)29-9-11-34-12-10-29)13-20(21)26-24(32)18-5-4-6-22(25-18)28-7-2-3-8-28/h4-6,13-15H,2-3,7-12,16H2,1H3,(H,26,32). The fourth-order valence-corrected chi connectivity index (χ4v) is 4.36. The molecule has 0 radical (unpaired) electrons. The number of amides is 2. The molecule has 4 heterocycles. The Morgan fingerprint density at radius 1 is 1.12 bits per heavy atom. The molecule has 178 valence electrons. The summed E-state index contributed by atoms with van der Waals surface area (Å²) >= 11 is 0. The number of pyridine rings is 1. The van der Waals surface area contributed by atoms with Crippen LogP contribution >= 0.6 is 0 Å². The number of morpholine rings is 1. The second kappa shape index (κ2) is 9.68. The van der Waals surface area contributed by atoms with Crippen molar-refractivity contribution < 1.29 is 19.1 Å². The second-order valence-electron chi connectivity index (χ2n) is 8.46. The summed E-state index contributed by atoms with van der Waals surface area (Å²) in [5, 5.41) is 8.23. The summed E-state index contributed by atoms with van der Waals surface area (Å²) in [5.41, 5.74) is 1.55. The topological polar surface area (TPSA) is 102 Å². The van der Waals surface area contributed by atoms with Gasteiger partial charge in [-0.05, 0) is 31.0 Å². The van der Waals surface area contributed by atoms with E-state index < -0.39 is 0 Å². The van der Waals surface area contributed by atoms with Gasteiger partial charge in [0.1, 0.15) is 23.8 Å². The van der Waals surface area contributed by atoms with Crippen molar-refractivity contribution in [1.29, 1.82) is 0 Å². The summed E-state index contributed by atoms with van der Waals surface area (Å²) in [6, 6.07) is 9.05. The first kappa shape index (κ1) is 22.1. The molecule has 0 aliphatic carbocycles. The minimum atomic E-state index is -0.311. The molecule has 0 spiro atoms. The van der Waals surface area contributed by atoms with E-state index in [2.05, 4.69) is 20.3 Å². The van der Waals surface area contributed by atoms with E-state index in [0.717, 1.165) is 37.1 Å². The van der Waals surface area contributed by atoms with Crippen LogP contribution in [0.25, 0.3) is 10.9 Å². The molecule has 2 aliphatic heterocycles. The van der Waals surface area contributed by atoms with E-state index in [1.807, 2.05) is 12.1 Å². The van der Waals surface area contributed by atoms with Crippen molar-refractivity contribution in [1.82, 2.24) is 19.7 Å². The minimum Gasteiger partial charge on any atom is -0.494 e. The summed E-state index contributed by atoms with van der Waals surface area (Å²) < 4.78 is 12.4. The van der Waals surface area contributed by atoms with Gasteiger partial charge in [-0.3, -0.25) is 14.3 Å². The number of methoxy groups -OCH3 is 1. The van der Waals surface area contributed by atoms with Crippen LogP contribution in [0.2, 0.25) is 0 Å². The lowest BCUT2D eigenvalue weighted by Gasteiger charge is -2.26. The normalized spacial score (nSPS) is 16.1. The molecule has 2 saturated heterocycles. The maximum Gasteiger partial charge on any atom is 0.274 e. The lowest BCUT2D eigenvalue weighted by molar-refractivity contribution is -0.136. The Hall–Kier alpha value is -3.66. The van der Waals surface area contributed by atoms with Crippen molar-refractivity contribution in [2.24, 2.45) is 0 Å². The lowest BCUT2D eigenvalue weighted by Crippen LogP contribution is -2.42. The van der Waals surface area contributed by atoms with Gasteiger partial charge < -0.3 is 24.6 Å². The largest absolute Gasteiger partial charge is 0.494 e. The summed E-state index contributed by atoms with van der Waals surface area (Å²) in [5.74, 6) is 0.995. The Morgan fingerprint density at radius 3 is 2.68 bits per heavy atom. The van der Waals surface area contributed by atoms with Gasteiger partial charge in [-0.15, -0.1) is 0 Å². The maximum atomic E-state index is 13.0. The van der Waals surface area contributed by atoms with Crippen molar-refractivity contribution in [3.8, 4) is 5.75 Å². The zero-order valence-corrected chi connectivity index (χ0v) is 19.2. The van der Waals surface area contributed by atoms with E-state index in [1.165, 1.54) is 0 Å². The molecule has 1 N–H and O–H groups in total. The van der Waals surface area contributed by atoms with E-state index in [1.54, 1.807) is 41.1 Å². The number of benzene rings is 1. The van der Waals surface area contributed by atoms with Crippen LogP contribution in [0.4, 0.5) is 11.5 Å². The van der Waals surface area contributed by atoms with Gasteiger partial charge in [0.15, 0.2) is 0 Å². The number of hydrogen-bond donors (Lipinski definition) is 1. The molecular weight excluding hydrogens is 436 g/mol. The van der Waals surface area contributed by atoms with E-state index in [-0.39, 0.29) is 18.4 Å². The monoisotopic (exact) mass is 464 g/mol. The number of nitrogens with zero attached hydrogens (tertiary/aromatic N) is 5. The molecule has 2 aliphatic rings. The molecule has 3 aromatic rings. The van der Waals surface area contributed by atoms with Crippen LogP contribution in [0.15, 0.2) is 36.5 Å². The number of anilines is 2. The molecular formula is C24H28N6O4. The third kappa shape index (κ3) is 4.67. The average molecular weight is 465 g/mol. The zero-order chi connectivity index (χ0) is 23.5. The average Bonchev–Trinajstić information content (AvgIpc) is 3.54. The summed E-state index contributed by atoms with van der Waals surface area (Å²) in [4.78, 5) is 34.1. The highest BCUT2D eigenvalue weighted by Gasteiger charge is 2.20. The summed E-state index contributed by atoms with van der Waals surface area (Å²) in [7, 11) is 1.54. The molecule has 34 heavy (non-hydrogen) atoms. The van der Waals surface area contributed by atoms with Gasteiger partial charge in [-0.25, -0.2) is 4.98 Å². The summed E-state index contributed by atoms with van der Waals surface area (Å²) in [6.45, 7) is 4.37. The molecule has 0 bridgehead atoms. The molecule has 0 saturated carbocycles. The molecule has 1 aromatic carbocycles. The van der Waals surface area contributed by atoms with Gasteiger partial charge >= 0.3 is 0 Å². The van der Waals surface area contributed by atoms with Crippen LogP contribution < -0.4 is 15.0 Å². The first-order chi connectivity index (χ1) is 16.6. The smallest absolute Gasteiger partial charge is 0.274 e. The SMILES string of the molecule is COc1cc2nn(CC(=O)N3CCOCC3)cc2cc1NC(=O)c1cccc(N2CCCC2)n1. The zero-order valence-electron chi connectivity index (χ0n) is 19.2. The highest BCUT2D eigenvalue weighted by atomic mass is 16.5. The molecule has 2 aromatic heterocycles. The third-order valence-electron chi connectivity index (χ3n) is 6.18. The first-order valence-electron chi connectivity index (χ1n) is 11.5. The molecule has 2 fully saturated rings. The number of aromatic nitrogens is 3. The van der Waals surface area contributed by atoms with Gasteiger partial charge in [0.2, 0.25) is 5.91 Å². The number of rotatable bonds is 6. The van der Waals surface area contributed by atoms with Gasteiger partial charge in [0.25, 0.3) is 5.91 Å². The molecule has 5 rings (SSSR count). The van der Waals surface area contributed by atoms with E-state index in [9.17, 15) is 9.59 Å². The van der Waals surface area contributed by atoms with Crippen molar-refractivity contribution in [2.45, 2.75) is 19.4 Å². The Labute approximate surface area is 197 Å². The van der Waals surface area contributed by atoms with E-state index >= 15 is 0 Å². The van der Waals surface area contributed by atoms with Crippen LogP contribution in [0.3, 0.4) is 0 Å². The minimum absolute atomic E-state index is 0.000515. The lowest BCUT2D eigenvalue weighted by atomic mass is 10.2. The van der Waals surface area contributed by atoms with Gasteiger partial charge in [0.05, 0.1) is 31.5 Å². The number of carbonyl (C=O) groups excluding carboxylic acids is 2. The molecule has 0 atom stereocenters. The van der Waals surface area contributed by atoms with Crippen LogP contribution in [0.5, 0.6) is 5.75 Å². The quantitative estimate of drug-likeness (QED) is 0.596. The first-order valence-corrected chi connectivity index (χ1v) is 11.5. The number of ether oxygens (including phenoxy) is 2. The van der Waals surface area contributed by atoms with Crippen molar-refractivity contribution in [3.63, 3.8) is 0 Å². The maximum absolute atomic E-state index is 13.0. The Balaban J connectivity index is 1.34. The van der Waals surface area contributed by atoms with Gasteiger partial charge in [-0.2, -0.15) is 5.10 Å². The predicted octanol–water partition coefficient (Wildman–Crippen LogP) is 2.15. The number of fused-ring (bicyclic) bond motifs is 1. The van der Waals surface area contributed by atoms with E-state index in [4.69, 9.17) is 9.47 Å².